The molecule has 13 heavy (non-hydrogen) atoms. The van der Waals surface area contributed by atoms with Crippen molar-refractivity contribution in [1.82, 2.24) is 0 Å². The van der Waals surface area contributed by atoms with Gasteiger partial charge in [0.05, 0.1) is 12.7 Å². The standard InChI is InChI=1S/C9H19BO3/c1-7(6-11-2)8(12-3)5-9(10)13-4/h7-9H,5-6H2,1-4H3/t7?,8-,9+/m0/s1. The predicted octanol–water partition coefficient (Wildman–Crippen LogP) is 0.815. The average Bonchev–Trinajstić information content (AvgIpc) is 2.14. The third kappa shape index (κ3) is 5.29. The molecular weight excluding hydrogens is 167 g/mol. The predicted molar refractivity (Wildman–Crippen MR) is 53.0 cm³/mol. The number of methoxy groups -OCH3 is 3. The van der Waals surface area contributed by atoms with E-state index in [1.807, 2.05) is 0 Å². The molecule has 0 bridgehead atoms. The van der Waals surface area contributed by atoms with E-state index in [1.165, 1.54) is 0 Å². The van der Waals surface area contributed by atoms with Gasteiger partial charge in [0, 0.05) is 33.3 Å². The highest BCUT2D eigenvalue weighted by molar-refractivity contribution is 6.10. The fourth-order valence-corrected chi connectivity index (χ4v) is 1.26. The molecule has 0 saturated carbocycles. The zero-order valence-electron chi connectivity index (χ0n) is 8.95. The van der Waals surface area contributed by atoms with Crippen molar-refractivity contribution < 1.29 is 14.2 Å². The summed E-state index contributed by atoms with van der Waals surface area (Å²) in [7, 11) is 10.6. The van der Waals surface area contributed by atoms with Crippen LogP contribution in [0.4, 0.5) is 0 Å². The van der Waals surface area contributed by atoms with Crippen LogP contribution in [0.3, 0.4) is 0 Å². The molecule has 0 fully saturated rings. The van der Waals surface area contributed by atoms with Gasteiger partial charge in [0.1, 0.15) is 7.85 Å². The highest BCUT2D eigenvalue weighted by atomic mass is 16.5. The van der Waals surface area contributed by atoms with Crippen molar-refractivity contribution in [3.05, 3.63) is 0 Å². The van der Waals surface area contributed by atoms with E-state index in [4.69, 9.17) is 22.1 Å². The first-order valence-electron chi connectivity index (χ1n) is 4.45. The Hall–Kier alpha value is -0.0551. The molecule has 4 heteroatoms. The average molecular weight is 186 g/mol. The van der Waals surface area contributed by atoms with Gasteiger partial charge < -0.3 is 14.2 Å². The summed E-state index contributed by atoms with van der Waals surface area (Å²) in [6, 6.07) is -0.260. The Morgan fingerprint density at radius 2 is 1.77 bits per heavy atom. The summed E-state index contributed by atoms with van der Waals surface area (Å²) in [5.41, 5.74) is 0. The molecule has 0 amide bonds. The lowest BCUT2D eigenvalue weighted by Gasteiger charge is -2.24. The van der Waals surface area contributed by atoms with Gasteiger partial charge in [-0.2, -0.15) is 0 Å². The van der Waals surface area contributed by atoms with Crippen molar-refractivity contribution in [2.24, 2.45) is 5.92 Å². The lowest BCUT2D eigenvalue weighted by atomic mass is 9.89. The van der Waals surface area contributed by atoms with Crippen molar-refractivity contribution in [3.63, 3.8) is 0 Å². The van der Waals surface area contributed by atoms with E-state index >= 15 is 0 Å². The summed E-state index contributed by atoms with van der Waals surface area (Å²) in [4.78, 5) is 0. The van der Waals surface area contributed by atoms with Gasteiger partial charge in [-0.3, -0.25) is 0 Å². The molecule has 76 valence electrons. The van der Waals surface area contributed by atoms with Crippen LogP contribution in [0.1, 0.15) is 13.3 Å². The molecule has 0 aliphatic rings. The van der Waals surface area contributed by atoms with Crippen molar-refractivity contribution in [3.8, 4) is 0 Å². The first-order chi connectivity index (χ1) is 6.15. The Morgan fingerprint density at radius 1 is 1.15 bits per heavy atom. The molecule has 0 heterocycles. The second-order valence-electron chi connectivity index (χ2n) is 3.22. The van der Waals surface area contributed by atoms with Gasteiger partial charge in [0.2, 0.25) is 0 Å². The lowest BCUT2D eigenvalue weighted by Crippen LogP contribution is -2.29. The molecule has 0 aliphatic heterocycles. The van der Waals surface area contributed by atoms with Crippen molar-refractivity contribution in [2.45, 2.75) is 25.5 Å². The number of ether oxygens (including phenoxy) is 3. The minimum absolute atomic E-state index is 0.0925. The van der Waals surface area contributed by atoms with Crippen molar-refractivity contribution >= 4 is 7.85 Å². The zero-order valence-corrected chi connectivity index (χ0v) is 8.95. The van der Waals surface area contributed by atoms with Gasteiger partial charge in [0.15, 0.2) is 0 Å². The zero-order chi connectivity index (χ0) is 10.3. The Labute approximate surface area is 82.2 Å². The third-order valence-corrected chi connectivity index (χ3v) is 2.13. The summed E-state index contributed by atoms with van der Waals surface area (Å²) >= 11 is 0. The van der Waals surface area contributed by atoms with Crippen LogP contribution in [0, 0.1) is 5.92 Å². The molecule has 1 unspecified atom stereocenters. The topological polar surface area (TPSA) is 27.7 Å². The van der Waals surface area contributed by atoms with Crippen molar-refractivity contribution in [2.75, 3.05) is 27.9 Å². The summed E-state index contributed by atoms with van der Waals surface area (Å²) in [5.74, 6) is 0.330. The molecule has 0 rings (SSSR count). The van der Waals surface area contributed by atoms with E-state index in [0.717, 1.165) is 0 Å². The maximum Gasteiger partial charge on any atom is 0.109 e. The SMILES string of the molecule is [B][C@@H](C[C@H](OC)C(C)COC)OC. The molecular formula is C9H19BO3. The highest BCUT2D eigenvalue weighted by Gasteiger charge is 2.18. The second kappa shape index (κ2) is 7.36. The summed E-state index contributed by atoms with van der Waals surface area (Å²) in [6.45, 7) is 2.75. The quantitative estimate of drug-likeness (QED) is 0.551. The Kier molecular flexibility index (Phi) is 7.33. The fourth-order valence-electron chi connectivity index (χ4n) is 1.26. The first kappa shape index (κ1) is 12.9. The van der Waals surface area contributed by atoms with Crippen LogP contribution in [0.25, 0.3) is 0 Å². The van der Waals surface area contributed by atoms with Gasteiger partial charge in [-0.05, 0) is 6.42 Å². The van der Waals surface area contributed by atoms with Gasteiger partial charge in [-0.25, -0.2) is 0 Å². The molecule has 0 spiro atoms. The molecule has 0 aromatic heterocycles. The van der Waals surface area contributed by atoms with Gasteiger partial charge in [-0.15, -0.1) is 0 Å². The summed E-state index contributed by atoms with van der Waals surface area (Å²) in [5, 5.41) is 0. The highest BCUT2D eigenvalue weighted by Crippen LogP contribution is 2.13. The first-order valence-corrected chi connectivity index (χ1v) is 4.45. The Bertz CT molecular complexity index is 121. The minimum Gasteiger partial charge on any atom is -0.391 e. The van der Waals surface area contributed by atoms with Crippen LogP contribution >= 0.6 is 0 Å². The normalized spacial score (nSPS) is 18.2. The summed E-state index contributed by atoms with van der Waals surface area (Å²) < 4.78 is 15.3. The van der Waals surface area contributed by atoms with Crippen LogP contribution in [-0.4, -0.2) is 47.9 Å². The fraction of sp³-hybridized carbons (Fsp3) is 1.00. The lowest BCUT2D eigenvalue weighted by molar-refractivity contribution is -0.00376. The smallest absolute Gasteiger partial charge is 0.109 e. The molecule has 0 aromatic rings. The van der Waals surface area contributed by atoms with Crippen LogP contribution in [0.5, 0.6) is 0 Å². The second-order valence-corrected chi connectivity index (χ2v) is 3.22. The van der Waals surface area contributed by atoms with Crippen LogP contribution in [-0.2, 0) is 14.2 Å². The molecule has 3 atom stereocenters. The van der Waals surface area contributed by atoms with E-state index in [9.17, 15) is 0 Å². The van der Waals surface area contributed by atoms with E-state index in [0.29, 0.717) is 18.9 Å². The third-order valence-electron chi connectivity index (χ3n) is 2.13. The molecule has 0 saturated heterocycles. The molecule has 0 aliphatic carbocycles. The van der Waals surface area contributed by atoms with E-state index in [2.05, 4.69) is 6.92 Å². The maximum atomic E-state index is 5.64. The molecule has 0 aromatic carbocycles. The minimum atomic E-state index is -0.260. The van der Waals surface area contributed by atoms with Gasteiger partial charge in [-0.1, -0.05) is 6.92 Å². The Morgan fingerprint density at radius 3 is 2.15 bits per heavy atom. The molecule has 0 N–H and O–H groups in total. The van der Waals surface area contributed by atoms with Crippen LogP contribution in [0.2, 0.25) is 0 Å². The van der Waals surface area contributed by atoms with Crippen LogP contribution in [0.15, 0.2) is 0 Å². The number of rotatable bonds is 7. The van der Waals surface area contributed by atoms with Gasteiger partial charge >= 0.3 is 0 Å². The van der Waals surface area contributed by atoms with Crippen molar-refractivity contribution in [1.29, 1.82) is 0 Å². The van der Waals surface area contributed by atoms with E-state index in [-0.39, 0.29) is 12.1 Å². The van der Waals surface area contributed by atoms with Crippen LogP contribution < -0.4 is 0 Å². The molecule has 2 radical (unpaired) electrons. The Balaban J connectivity index is 3.86. The largest absolute Gasteiger partial charge is 0.391 e. The summed E-state index contributed by atoms with van der Waals surface area (Å²) in [6.07, 6.45) is 0.784. The van der Waals surface area contributed by atoms with E-state index in [1.54, 1.807) is 21.3 Å². The van der Waals surface area contributed by atoms with Gasteiger partial charge in [0.25, 0.3) is 0 Å². The molecule has 3 nitrogen and oxygen atoms in total. The monoisotopic (exact) mass is 186 g/mol. The number of hydrogen-bond acceptors (Lipinski definition) is 3. The number of hydrogen-bond donors (Lipinski definition) is 0. The van der Waals surface area contributed by atoms with E-state index < -0.39 is 0 Å². The maximum absolute atomic E-state index is 5.64.